The second-order valence-electron chi connectivity index (χ2n) is 9.49. The van der Waals surface area contributed by atoms with Crippen LogP contribution >= 0.6 is 0 Å². The van der Waals surface area contributed by atoms with Crippen LogP contribution in [0, 0.1) is 5.41 Å². The number of nitrogens with two attached hydrogens (primary N) is 1. The van der Waals surface area contributed by atoms with Crippen molar-refractivity contribution in [3.05, 3.63) is 53.4 Å². The number of piperidine rings is 1. The maximum atomic E-state index is 9.71. The average Bonchev–Trinajstić information content (AvgIpc) is 3.07. The number of benzene rings is 1. The quantitative estimate of drug-likeness (QED) is 0.448. The summed E-state index contributed by atoms with van der Waals surface area (Å²) in [5.74, 6) is 5.91. The molecule has 31 heavy (non-hydrogen) atoms. The Morgan fingerprint density at radius 3 is 2.58 bits per heavy atom. The van der Waals surface area contributed by atoms with Crippen LogP contribution < -0.4 is 10.8 Å². The van der Waals surface area contributed by atoms with Crippen LogP contribution in [0.3, 0.4) is 0 Å². The Bertz CT molecular complexity index is 982. The Hall–Kier alpha value is -2.64. The van der Waals surface area contributed by atoms with Crippen LogP contribution in [0.4, 0.5) is 5.69 Å². The lowest BCUT2D eigenvalue weighted by atomic mass is 9.76. The van der Waals surface area contributed by atoms with Crippen LogP contribution in [0.15, 0.2) is 35.8 Å². The van der Waals surface area contributed by atoms with E-state index in [1.807, 2.05) is 23.9 Å². The molecule has 0 saturated carbocycles. The molecule has 3 N–H and O–H groups in total. The van der Waals surface area contributed by atoms with Crippen LogP contribution in [0.2, 0.25) is 0 Å². The number of aliphatic hydroxyl groups is 1. The third kappa shape index (κ3) is 4.52. The highest BCUT2D eigenvalue weighted by molar-refractivity contribution is 5.97. The van der Waals surface area contributed by atoms with Crippen molar-refractivity contribution in [2.45, 2.75) is 52.1 Å². The molecule has 0 spiro atoms. The van der Waals surface area contributed by atoms with Gasteiger partial charge in [-0.1, -0.05) is 32.6 Å². The van der Waals surface area contributed by atoms with Crippen LogP contribution in [-0.4, -0.2) is 40.0 Å². The van der Waals surface area contributed by atoms with E-state index in [1.54, 1.807) is 0 Å². The smallest absolute Gasteiger partial charge is 0.266 e. The highest BCUT2D eigenvalue weighted by atomic mass is 16.6. The maximum Gasteiger partial charge on any atom is 0.266 e. The number of aryl methyl sites for hydroxylation is 1. The van der Waals surface area contributed by atoms with Crippen molar-refractivity contribution in [2.75, 3.05) is 18.0 Å². The van der Waals surface area contributed by atoms with Crippen LogP contribution in [-0.2, 0) is 24.7 Å². The molecular formula is C24H33N5O2. The number of nitrogens with zero attached hydrogens (tertiary/aromatic N) is 4. The second-order valence-corrected chi connectivity index (χ2v) is 9.49. The van der Waals surface area contributed by atoms with Crippen LogP contribution in [0.25, 0.3) is 5.70 Å². The van der Waals surface area contributed by atoms with E-state index in [1.165, 1.54) is 11.3 Å². The molecule has 0 atom stereocenters. The summed E-state index contributed by atoms with van der Waals surface area (Å²) >= 11 is 0. The molecule has 0 bridgehead atoms. The molecule has 2 aliphatic rings. The van der Waals surface area contributed by atoms with E-state index in [9.17, 15) is 5.11 Å². The van der Waals surface area contributed by atoms with Crippen molar-refractivity contribution < 1.29 is 9.94 Å². The first-order valence-electron chi connectivity index (χ1n) is 11.0. The lowest BCUT2D eigenvalue weighted by molar-refractivity contribution is 0.145. The lowest BCUT2D eigenvalue weighted by Gasteiger charge is -2.31. The van der Waals surface area contributed by atoms with Crippen molar-refractivity contribution in [1.82, 2.24) is 9.78 Å². The molecule has 1 aromatic carbocycles. The molecule has 166 valence electrons. The predicted octanol–water partition coefficient (Wildman–Crippen LogP) is 3.20. The summed E-state index contributed by atoms with van der Waals surface area (Å²) in [5, 5.41) is 14.4. The van der Waals surface area contributed by atoms with Crippen molar-refractivity contribution >= 4 is 17.3 Å². The van der Waals surface area contributed by atoms with E-state index in [2.05, 4.69) is 47.6 Å². The van der Waals surface area contributed by atoms with E-state index >= 15 is 0 Å². The molecule has 2 aromatic rings. The number of fused-ring (bicyclic) bond motifs is 1. The molecular weight excluding hydrogens is 390 g/mol. The third-order valence-corrected chi connectivity index (χ3v) is 6.55. The second kappa shape index (κ2) is 8.48. The number of hydrogen-bond donors (Lipinski definition) is 2. The van der Waals surface area contributed by atoms with Gasteiger partial charge >= 0.3 is 0 Å². The first kappa shape index (κ1) is 21.6. The minimum atomic E-state index is -0.178. The van der Waals surface area contributed by atoms with E-state index in [-0.39, 0.29) is 11.5 Å². The number of rotatable bonds is 4. The van der Waals surface area contributed by atoms with Gasteiger partial charge in [-0.25, -0.2) is 4.99 Å². The monoisotopic (exact) mass is 423 g/mol. The molecule has 1 aliphatic carbocycles. The molecule has 1 aliphatic heterocycles. The van der Waals surface area contributed by atoms with Crippen molar-refractivity contribution in [3.8, 4) is 0 Å². The largest absolute Gasteiger partial charge is 0.393 e. The Balaban J connectivity index is 1.54. The van der Waals surface area contributed by atoms with E-state index < -0.39 is 0 Å². The summed E-state index contributed by atoms with van der Waals surface area (Å²) < 4.78 is 1.92. The Morgan fingerprint density at radius 1 is 1.26 bits per heavy atom. The predicted molar refractivity (Wildman–Crippen MR) is 124 cm³/mol. The summed E-state index contributed by atoms with van der Waals surface area (Å²) in [5.41, 5.74) is 5.98. The van der Waals surface area contributed by atoms with Crippen LogP contribution in [0.1, 0.15) is 55.6 Å². The number of aliphatic hydroxyl groups excluding tert-OH is 1. The molecule has 0 amide bonds. The van der Waals surface area contributed by atoms with Gasteiger partial charge in [0.25, 0.3) is 5.90 Å². The van der Waals surface area contributed by atoms with Gasteiger partial charge in [-0.15, -0.1) is 0 Å². The molecule has 2 heterocycles. The number of anilines is 1. The number of aliphatic imine (C=N–C) groups is 1. The lowest BCUT2D eigenvalue weighted by Crippen LogP contribution is -2.35. The molecule has 7 nitrogen and oxygen atoms in total. The first-order valence-corrected chi connectivity index (χ1v) is 11.0. The Morgan fingerprint density at radius 2 is 1.94 bits per heavy atom. The standard InChI is InChI=1S/C24H33N5O2/c1-16(17-5-7-18(8-6-17)29-13-10-19(30)11-14-29)26-23(31-25)22-20-9-12-24(2,3)15-21(20)28(4)27-22/h5-8,19,30H,1,9-15,25H2,2-4H3. The zero-order valence-corrected chi connectivity index (χ0v) is 18.8. The minimum absolute atomic E-state index is 0.178. The van der Waals surface area contributed by atoms with Gasteiger partial charge in [-0.05, 0) is 55.2 Å². The summed E-state index contributed by atoms with van der Waals surface area (Å²) in [6.45, 7) is 10.4. The SMILES string of the molecule is C=C(N=C(ON)c1nn(C)c2c1CCC(C)(C)C2)c1ccc(N2CCC(O)CC2)cc1. The number of aromatic nitrogens is 2. The molecule has 4 rings (SSSR count). The Labute approximate surface area is 184 Å². The topological polar surface area (TPSA) is 88.9 Å². The normalized spacial score (nSPS) is 19.3. The fourth-order valence-corrected chi connectivity index (χ4v) is 4.57. The van der Waals surface area contributed by atoms with Gasteiger partial charge < -0.3 is 14.8 Å². The van der Waals surface area contributed by atoms with Gasteiger partial charge in [0.15, 0.2) is 5.69 Å². The summed E-state index contributed by atoms with van der Waals surface area (Å²) in [4.78, 5) is 12.1. The fraction of sp³-hybridized carbons (Fsp3) is 0.500. The molecule has 7 heteroatoms. The highest BCUT2D eigenvalue weighted by Gasteiger charge is 2.32. The van der Waals surface area contributed by atoms with Gasteiger partial charge in [0.05, 0.1) is 11.8 Å². The molecule has 0 unspecified atom stereocenters. The molecule has 1 fully saturated rings. The molecule has 0 radical (unpaired) electrons. The molecule has 1 aromatic heterocycles. The highest BCUT2D eigenvalue weighted by Crippen LogP contribution is 2.36. The fourth-order valence-electron chi connectivity index (χ4n) is 4.57. The van der Waals surface area contributed by atoms with Gasteiger partial charge in [0.1, 0.15) is 0 Å². The average molecular weight is 424 g/mol. The Kier molecular flexibility index (Phi) is 5.90. The zero-order valence-electron chi connectivity index (χ0n) is 18.8. The van der Waals surface area contributed by atoms with Gasteiger partial charge in [0.2, 0.25) is 0 Å². The van der Waals surface area contributed by atoms with Crippen molar-refractivity contribution in [2.24, 2.45) is 23.4 Å². The molecule has 1 saturated heterocycles. The van der Waals surface area contributed by atoms with Crippen molar-refractivity contribution in [1.29, 1.82) is 0 Å². The minimum Gasteiger partial charge on any atom is -0.393 e. The van der Waals surface area contributed by atoms with Crippen molar-refractivity contribution in [3.63, 3.8) is 0 Å². The van der Waals surface area contributed by atoms with E-state index in [0.717, 1.165) is 56.4 Å². The maximum absolute atomic E-state index is 9.71. The third-order valence-electron chi connectivity index (χ3n) is 6.55. The number of hydrogen-bond acceptors (Lipinski definition) is 6. The van der Waals surface area contributed by atoms with E-state index in [4.69, 9.17) is 10.7 Å². The summed E-state index contributed by atoms with van der Waals surface area (Å²) in [6, 6.07) is 8.16. The summed E-state index contributed by atoms with van der Waals surface area (Å²) in [7, 11) is 1.96. The van der Waals surface area contributed by atoms with E-state index in [0.29, 0.717) is 17.3 Å². The van der Waals surface area contributed by atoms with Gasteiger partial charge in [-0.3, -0.25) is 4.68 Å². The summed E-state index contributed by atoms with van der Waals surface area (Å²) in [6.07, 6.45) is 4.43. The van der Waals surface area contributed by atoms with Gasteiger partial charge in [-0.2, -0.15) is 11.0 Å². The zero-order chi connectivity index (χ0) is 22.2. The van der Waals surface area contributed by atoms with Crippen LogP contribution in [0.5, 0.6) is 0 Å². The first-order chi connectivity index (χ1) is 14.8. The van der Waals surface area contributed by atoms with Gasteiger partial charge in [0, 0.05) is 37.1 Å².